The van der Waals surface area contributed by atoms with Crippen molar-refractivity contribution >= 4 is 39.8 Å². The molecule has 0 saturated heterocycles. The predicted octanol–water partition coefficient (Wildman–Crippen LogP) is 2.36. The number of ether oxygens (including phenoxy) is 1. The van der Waals surface area contributed by atoms with Crippen LogP contribution in [-0.2, 0) is 22.4 Å². The average molecular weight is 401 g/mol. The van der Waals surface area contributed by atoms with Gasteiger partial charge in [0.15, 0.2) is 0 Å². The first-order chi connectivity index (χ1) is 13.5. The van der Waals surface area contributed by atoms with Crippen molar-refractivity contribution in [3.8, 4) is 5.75 Å². The topological polar surface area (TPSA) is 108 Å². The molecule has 1 aromatic heterocycles. The molecule has 1 aliphatic rings. The van der Waals surface area contributed by atoms with Crippen molar-refractivity contribution in [1.29, 1.82) is 0 Å². The molecule has 0 saturated carbocycles. The summed E-state index contributed by atoms with van der Waals surface area (Å²) in [6.07, 6.45) is 3.15. The van der Waals surface area contributed by atoms with Gasteiger partial charge in [0.05, 0.1) is 12.7 Å². The second-order valence-corrected chi connectivity index (χ2v) is 7.62. The molecule has 2 aromatic rings. The third kappa shape index (κ3) is 4.69. The average Bonchev–Trinajstić information content (AvgIpc) is 3.04. The summed E-state index contributed by atoms with van der Waals surface area (Å²) in [6.45, 7) is 0. The Morgan fingerprint density at radius 1 is 1.07 bits per heavy atom. The van der Waals surface area contributed by atoms with E-state index in [4.69, 9.17) is 4.74 Å². The molecule has 0 radical (unpaired) electrons. The summed E-state index contributed by atoms with van der Waals surface area (Å²) in [5.41, 5.74) is 2.06. The molecule has 2 amide bonds. The minimum atomic E-state index is -1.28. The monoisotopic (exact) mass is 401 g/mol. The van der Waals surface area contributed by atoms with Crippen molar-refractivity contribution in [2.45, 2.75) is 38.5 Å². The number of carboxylic acids is 1. The molecule has 0 atom stereocenters. The van der Waals surface area contributed by atoms with Crippen LogP contribution in [0.25, 0.3) is 0 Å². The van der Waals surface area contributed by atoms with Crippen LogP contribution in [0.4, 0.5) is 10.7 Å². The first kappa shape index (κ1) is 19.9. The molecule has 2 N–H and O–H groups in total. The fraction of sp³-hybridized carbons (Fsp3) is 0.350. The lowest BCUT2D eigenvalue weighted by Crippen LogP contribution is -2.24. The van der Waals surface area contributed by atoms with Gasteiger partial charge in [0.25, 0.3) is 5.91 Å². The van der Waals surface area contributed by atoms with Gasteiger partial charge in [-0.3, -0.25) is 9.59 Å². The van der Waals surface area contributed by atoms with Gasteiger partial charge >= 0.3 is 0 Å². The molecule has 0 fully saturated rings. The number of carboxylic acid groups (broad SMARTS) is 1. The fourth-order valence-corrected chi connectivity index (χ4v) is 4.47. The van der Waals surface area contributed by atoms with Crippen LogP contribution in [0.3, 0.4) is 0 Å². The molecule has 0 bridgehead atoms. The number of amides is 2. The van der Waals surface area contributed by atoms with Crippen LogP contribution in [-0.4, -0.2) is 24.9 Å². The van der Waals surface area contributed by atoms with Crippen molar-refractivity contribution in [3.63, 3.8) is 0 Å². The van der Waals surface area contributed by atoms with Crippen LogP contribution >= 0.6 is 11.3 Å². The normalized spacial score (nSPS) is 12.8. The van der Waals surface area contributed by atoms with Crippen LogP contribution in [0.15, 0.2) is 24.3 Å². The predicted molar refractivity (Wildman–Crippen MR) is 105 cm³/mol. The molecule has 3 rings (SSSR count). The van der Waals surface area contributed by atoms with E-state index in [-0.39, 0.29) is 18.7 Å². The Morgan fingerprint density at radius 3 is 2.46 bits per heavy atom. The van der Waals surface area contributed by atoms with Gasteiger partial charge in [0.1, 0.15) is 10.8 Å². The van der Waals surface area contributed by atoms with Crippen molar-refractivity contribution in [2.75, 3.05) is 17.7 Å². The summed E-state index contributed by atoms with van der Waals surface area (Å²) in [4.78, 5) is 36.7. The molecule has 1 aliphatic carbocycles. The highest BCUT2D eigenvalue weighted by Gasteiger charge is 2.26. The highest BCUT2D eigenvalue weighted by Crippen LogP contribution is 2.38. The number of nitrogens with one attached hydrogen (secondary N) is 2. The molecular weight excluding hydrogens is 380 g/mol. The zero-order valence-electron chi connectivity index (χ0n) is 15.5. The van der Waals surface area contributed by atoms with E-state index in [1.54, 1.807) is 31.4 Å². The number of fused-ring (bicyclic) bond motifs is 1. The number of rotatable bonds is 7. The van der Waals surface area contributed by atoms with Crippen molar-refractivity contribution < 1.29 is 24.2 Å². The minimum absolute atomic E-state index is 0.190. The van der Waals surface area contributed by atoms with E-state index in [2.05, 4.69) is 10.6 Å². The van der Waals surface area contributed by atoms with Crippen LogP contribution in [0.5, 0.6) is 5.75 Å². The summed E-state index contributed by atoms with van der Waals surface area (Å²) in [5.74, 6) is -1.33. The first-order valence-corrected chi connectivity index (χ1v) is 9.89. The number of aliphatic carboxylic acids is 1. The van der Waals surface area contributed by atoms with Crippen LogP contribution < -0.4 is 20.5 Å². The number of carbonyl (C=O) groups excluding carboxylic acids is 3. The van der Waals surface area contributed by atoms with E-state index in [1.165, 1.54) is 11.3 Å². The van der Waals surface area contributed by atoms with Gasteiger partial charge < -0.3 is 25.3 Å². The molecular formula is C20H21N2O5S-. The van der Waals surface area contributed by atoms with E-state index in [0.717, 1.165) is 36.1 Å². The second-order valence-electron chi connectivity index (χ2n) is 6.52. The molecule has 0 aliphatic heterocycles. The van der Waals surface area contributed by atoms with Crippen molar-refractivity contribution in [3.05, 3.63) is 40.3 Å². The molecule has 8 heteroatoms. The SMILES string of the molecule is COc1ccc(NC(=O)c2c(NC(=O)CCC(=O)[O-])sc3c2CCCC3)cc1. The van der Waals surface area contributed by atoms with E-state index in [0.29, 0.717) is 22.0 Å². The molecule has 0 unspecified atom stereocenters. The number of anilines is 2. The lowest BCUT2D eigenvalue weighted by molar-refractivity contribution is -0.305. The Bertz CT molecular complexity index is 889. The maximum absolute atomic E-state index is 13.0. The number of hydrogen-bond donors (Lipinski definition) is 2. The molecule has 1 heterocycles. The number of methoxy groups -OCH3 is 1. The molecule has 0 spiro atoms. The summed E-state index contributed by atoms with van der Waals surface area (Å²) >= 11 is 1.39. The Labute approximate surface area is 166 Å². The van der Waals surface area contributed by atoms with Crippen molar-refractivity contribution in [2.24, 2.45) is 0 Å². The molecule has 148 valence electrons. The third-order valence-electron chi connectivity index (χ3n) is 4.56. The smallest absolute Gasteiger partial charge is 0.258 e. The number of thiophene rings is 1. The highest BCUT2D eigenvalue weighted by atomic mass is 32.1. The van der Waals surface area contributed by atoms with Gasteiger partial charge in [0.2, 0.25) is 5.91 Å². The number of aryl methyl sites for hydroxylation is 1. The molecule has 1 aromatic carbocycles. The number of benzene rings is 1. The Kier molecular flexibility index (Phi) is 6.30. The lowest BCUT2D eigenvalue weighted by atomic mass is 9.95. The zero-order chi connectivity index (χ0) is 20.1. The van der Waals surface area contributed by atoms with Crippen LogP contribution in [0.1, 0.15) is 46.5 Å². The van der Waals surface area contributed by atoms with E-state index < -0.39 is 11.9 Å². The Hall–Kier alpha value is -2.87. The fourth-order valence-electron chi connectivity index (χ4n) is 3.17. The summed E-state index contributed by atoms with van der Waals surface area (Å²) in [6, 6.07) is 6.99. The third-order valence-corrected chi connectivity index (χ3v) is 5.76. The van der Waals surface area contributed by atoms with Gasteiger partial charge in [-0.15, -0.1) is 11.3 Å². The summed E-state index contributed by atoms with van der Waals surface area (Å²) < 4.78 is 5.12. The highest BCUT2D eigenvalue weighted by molar-refractivity contribution is 7.17. The standard InChI is InChI=1S/C20H22N2O5S/c1-27-13-8-6-12(7-9-13)21-19(26)18-14-4-2-3-5-15(14)28-20(18)22-16(23)10-11-17(24)25/h6-9H,2-5,10-11H2,1H3,(H,21,26)(H,22,23)(H,24,25)/p-1. The number of carbonyl (C=O) groups is 3. The van der Waals surface area contributed by atoms with Crippen molar-refractivity contribution in [1.82, 2.24) is 0 Å². The Morgan fingerprint density at radius 2 is 1.79 bits per heavy atom. The lowest BCUT2D eigenvalue weighted by Gasteiger charge is -2.13. The van der Waals surface area contributed by atoms with Gasteiger partial charge in [-0.25, -0.2) is 0 Å². The molecule has 7 nitrogen and oxygen atoms in total. The maximum atomic E-state index is 13.0. The summed E-state index contributed by atoms with van der Waals surface area (Å²) in [5, 5.41) is 16.6. The number of hydrogen-bond acceptors (Lipinski definition) is 6. The van der Waals surface area contributed by atoms with E-state index in [1.807, 2.05) is 0 Å². The zero-order valence-corrected chi connectivity index (χ0v) is 16.3. The van der Waals surface area contributed by atoms with Gasteiger partial charge in [0, 0.05) is 23.0 Å². The largest absolute Gasteiger partial charge is 0.550 e. The Balaban J connectivity index is 1.82. The quantitative estimate of drug-likeness (QED) is 0.741. The van der Waals surface area contributed by atoms with E-state index in [9.17, 15) is 19.5 Å². The van der Waals surface area contributed by atoms with Gasteiger partial charge in [-0.2, -0.15) is 0 Å². The minimum Gasteiger partial charge on any atom is -0.550 e. The first-order valence-electron chi connectivity index (χ1n) is 9.07. The second kappa shape index (κ2) is 8.88. The maximum Gasteiger partial charge on any atom is 0.258 e. The van der Waals surface area contributed by atoms with Gasteiger partial charge in [-0.1, -0.05) is 0 Å². The van der Waals surface area contributed by atoms with Crippen LogP contribution in [0.2, 0.25) is 0 Å². The van der Waals surface area contributed by atoms with Gasteiger partial charge in [-0.05, 0) is 61.9 Å². The van der Waals surface area contributed by atoms with E-state index >= 15 is 0 Å². The van der Waals surface area contributed by atoms with Crippen LogP contribution in [0, 0.1) is 0 Å². The summed E-state index contributed by atoms with van der Waals surface area (Å²) in [7, 11) is 1.57. The molecule has 28 heavy (non-hydrogen) atoms.